The molecule has 0 fully saturated rings. The Balaban J connectivity index is 1.87. The van der Waals surface area contributed by atoms with E-state index in [4.69, 9.17) is 0 Å². The van der Waals surface area contributed by atoms with Crippen molar-refractivity contribution in [3.8, 4) is 11.1 Å². The van der Waals surface area contributed by atoms with Crippen molar-refractivity contribution in [1.82, 2.24) is 4.98 Å². The predicted octanol–water partition coefficient (Wildman–Crippen LogP) is 3.40. The molecule has 0 radical (unpaired) electrons. The van der Waals surface area contributed by atoms with Crippen LogP contribution in [0.15, 0.2) is 41.7 Å². The zero-order valence-corrected chi connectivity index (χ0v) is 11.8. The normalized spacial score (nSPS) is 20.7. The molecule has 1 aliphatic rings. The average Bonchev–Trinajstić information content (AvgIpc) is 2.91. The first kappa shape index (κ1) is 16.3. The van der Waals surface area contributed by atoms with Gasteiger partial charge >= 0.3 is 12.0 Å². The Kier molecular flexibility index (Phi) is 3.75. The van der Waals surface area contributed by atoms with Crippen LogP contribution in [0.5, 0.6) is 0 Å². The number of benzene rings is 1. The molecule has 1 atom stereocenters. The van der Waals surface area contributed by atoms with E-state index in [-0.39, 0.29) is 22.4 Å². The molecule has 1 aliphatic heterocycles. The summed E-state index contributed by atoms with van der Waals surface area (Å²) in [7, 11) is 0. The molecule has 4 nitrogen and oxygen atoms in total. The Bertz CT molecular complexity index is 784. The lowest BCUT2D eigenvalue weighted by molar-refractivity contribution is -0.355. The highest BCUT2D eigenvalue weighted by Gasteiger charge is 2.60. The number of rotatable bonds is 2. The Morgan fingerprint density at radius 3 is 2.21 bits per heavy atom. The van der Waals surface area contributed by atoms with Gasteiger partial charge in [-0.3, -0.25) is 0 Å². The molecular weight excluding hydrogens is 335 g/mol. The lowest BCUT2D eigenvalue weighted by Gasteiger charge is -2.22. The van der Waals surface area contributed by atoms with Gasteiger partial charge in [0.2, 0.25) is 5.95 Å². The molecule has 1 N–H and O–H groups in total. The molecule has 2 heterocycles. The Hall–Kier alpha value is -2.55. The molecule has 1 aromatic carbocycles. The van der Waals surface area contributed by atoms with Crippen molar-refractivity contribution in [2.24, 2.45) is 5.16 Å². The van der Waals surface area contributed by atoms with Gasteiger partial charge in [-0.2, -0.15) is 17.6 Å². The van der Waals surface area contributed by atoms with E-state index >= 15 is 0 Å². The number of hydrogen-bond donors (Lipinski definition) is 1. The van der Waals surface area contributed by atoms with Crippen molar-refractivity contribution < 1.29 is 31.9 Å². The number of alkyl halides is 3. The van der Waals surface area contributed by atoms with Crippen molar-refractivity contribution in [1.29, 1.82) is 0 Å². The second-order valence-electron chi connectivity index (χ2n) is 5.12. The van der Waals surface area contributed by atoms with Crippen LogP contribution in [0.4, 0.5) is 22.0 Å². The van der Waals surface area contributed by atoms with Gasteiger partial charge in [0, 0.05) is 6.20 Å². The van der Waals surface area contributed by atoms with Crippen molar-refractivity contribution in [2.75, 3.05) is 0 Å². The van der Waals surface area contributed by atoms with Crippen molar-refractivity contribution in [2.45, 2.75) is 18.4 Å². The first-order chi connectivity index (χ1) is 11.2. The van der Waals surface area contributed by atoms with E-state index < -0.39 is 30.1 Å². The van der Waals surface area contributed by atoms with Gasteiger partial charge in [-0.1, -0.05) is 29.4 Å². The zero-order chi connectivity index (χ0) is 17.5. The number of oxime groups is 1. The molecule has 24 heavy (non-hydrogen) atoms. The fourth-order valence-corrected chi connectivity index (χ4v) is 2.23. The summed E-state index contributed by atoms with van der Waals surface area (Å²) in [5.41, 5.74) is -0.0926. The molecule has 1 aromatic heterocycles. The van der Waals surface area contributed by atoms with Crippen LogP contribution >= 0.6 is 0 Å². The molecule has 3 rings (SSSR count). The summed E-state index contributed by atoms with van der Waals surface area (Å²) < 4.78 is 65.3. The first-order valence-corrected chi connectivity index (χ1v) is 6.66. The van der Waals surface area contributed by atoms with Crippen LogP contribution in [0.1, 0.15) is 12.0 Å². The molecule has 126 valence electrons. The zero-order valence-electron chi connectivity index (χ0n) is 11.8. The highest BCUT2D eigenvalue weighted by molar-refractivity contribution is 6.01. The van der Waals surface area contributed by atoms with Crippen molar-refractivity contribution >= 4 is 5.71 Å². The molecule has 0 amide bonds. The molecule has 0 saturated heterocycles. The maximum atomic E-state index is 13.7. The smallest absolute Gasteiger partial charge is 0.350 e. The lowest BCUT2D eigenvalue weighted by atomic mass is 9.99. The molecular formula is C15H9F5N2O2. The minimum Gasteiger partial charge on any atom is -0.350 e. The maximum absolute atomic E-state index is 13.7. The summed E-state index contributed by atoms with van der Waals surface area (Å²) in [6.45, 7) is 0. The van der Waals surface area contributed by atoms with Gasteiger partial charge in [0.15, 0.2) is 0 Å². The number of aliphatic hydroxyl groups is 1. The highest BCUT2D eigenvalue weighted by Crippen LogP contribution is 2.39. The molecule has 1 unspecified atom stereocenters. The van der Waals surface area contributed by atoms with E-state index in [0.717, 1.165) is 12.3 Å². The van der Waals surface area contributed by atoms with E-state index in [1.54, 1.807) is 0 Å². The predicted molar refractivity (Wildman–Crippen MR) is 72.8 cm³/mol. The lowest BCUT2D eigenvalue weighted by Crippen LogP contribution is -2.45. The van der Waals surface area contributed by atoms with Gasteiger partial charge in [-0.15, -0.1) is 0 Å². The second kappa shape index (κ2) is 5.52. The van der Waals surface area contributed by atoms with E-state index in [2.05, 4.69) is 15.0 Å². The summed E-state index contributed by atoms with van der Waals surface area (Å²) in [4.78, 5) is 7.47. The third-order valence-electron chi connectivity index (χ3n) is 3.52. The average molecular weight is 344 g/mol. The molecule has 2 aromatic rings. The summed E-state index contributed by atoms with van der Waals surface area (Å²) in [6, 6.07) is 6.26. The number of halogens is 5. The topological polar surface area (TPSA) is 54.7 Å². The van der Waals surface area contributed by atoms with Gasteiger partial charge in [-0.25, -0.2) is 9.37 Å². The Morgan fingerprint density at radius 2 is 1.67 bits per heavy atom. The molecule has 0 spiro atoms. The van der Waals surface area contributed by atoms with Crippen LogP contribution in [-0.2, 0) is 4.84 Å². The minimum atomic E-state index is -5.00. The van der Waals surface area contributed by atoms with E-state index in [1.807, 2.05) is 0 Å². The third-order valence-corrected chi connectivity index (χ3v) is 3.52. The van der Waals surface area contributed by atoms with Crippen LogP contribution in [-0.4, -0.2) is 27.8 Å². The van der Waals surface area contributed by atoms with Gasteiger partial charge in [0.25, 0.3) is 0 Å². The molecule has 9 heteroatoms. The third kappa shape index (κ3) is 2.71. The Morgan fingerprint density at radius 1 is 1.04 bits per heavy atom. The van der Waals surface area contributed by atoms with Gasteiger partial charge in [-0.05, 0) is 17.2 Å². The van der Waals surface area contributed by atoms with Crippen LogP contribution in [0.2, 0.25) is 0 Å². The standard InChI is InChI=1S/C15H9F5N2O2/c16-10-5-6-21-13(17)12(10)9-3-1-8(2-4-9)11-7-14(23,24-22-11)15(18,19)20/h1-6,23H,7H2. The number of nitrogens with zero attached hydrogens (tertiary/aromatic N) is 2. The minimum absolute atomic E-state index is 0.131. The highest BCUT2D eigenvalue weighted by atomic mass is 19.4. The van der Waals surface area contributed by atoms with Gasteiger partial charge < -0.3 is 9.94 Å². The first-order valence-electron chi connectivity index (χ1n) is 6.66. The summed E-state index contributed by atoms with van der Waals surface area (Å²) in [6.07, 6.45) is -4.91. The van der Waals surface area contributed by atoms with Crippen LogP contribution in [0.3, 0.4) is 0 Å². The van der Waals surface area contributed by atoms with E-state index in [9.17, 15) is 27.1 Å². The van der Waals surface area contributed by atoms with E-state index in [0.29, 0.717) is 0 Å². The fraction of sp³-hybridized carbons (Fsp3) is 0.200. The monoisotopic (exact) mass is 344 g/mol. The SMILES string of the molecule is OC1(C(F)(F)F)CC(c2ccc(-c3c(F)ccnc3F)cc2)=NO1. The fourth-order valence-electron chi connectivity index (χ4n) is 2.23. The summed E-state index contributed by atoms with van der Waals surface area (Å²) >= 11 is 0. The summed E-state index contributed by atoms with van der Waals surface area (Å²) in [5.74, 6) is -5.19. The Labute approximate surface area is 132 Å². The second-order valence-corrected chi connectivity index (χ2v) is 5.12. The number of pyridine rings is 1. The van der Waals surface area contributed by atoms with E-state index in [1.165, 1.54) is 24.3 Å². The molecule has 0 saturated carbocycles. The molecule has 0 bridgehead atoms. The van der Waals surface area contributed by atoms with Crippen LogP contribution < -0.4 is 0 Å². The van der Waals surface area contributed by atoms with Crippen molar-refractivity contribution in [3.05, 3.63) is 53.9 Å². The van der Waals surface area contributed by atoms with Crippen LogP contribution in [0.25, 0.3) is 11.1 Å². The maximum Gasteiger partial charge on any atom is 0.458 e. The number of hydrogen-bond acceptors (Lipinski definition) is 4. The molecule has 0 aliphatic carbocycles. The van der Waals surface area contributed by atoms with Gasteiger partial charge in [0.05, 0.1) is 17.7 Å². The summed E-state index contributed by atoms with van der Waals surface area (Å²) in [5, 5.41) is 12.6. The van der Waals surface area contributed by atoms with Gasteiger partial charge in [0.1, 0.15) is 5.82 Å². The quantitative estimate of drug-likeness (QED) is 0.671. The number of aromatic nitrogens is 1. The van der Waals surface area contributed by atoms with Crippen LogP contribution in [0, 0.1) is 11.8 Å². The largest absolute Gasteiger partial charge is 0.458 e. The van der Waals surface area contributed by atoms with Crippen molar-refractivity contribution in [3.63, 3.8) is 0 Å².